The Labute approximate surface area is 71.9 Å². The molecule has 0 bridgehead atoms. The molecule has 1 heterocycles. The summed E-state index contributed by atoms with van der Waals surface area (Å²) in [5.41, 5.74) is 1.05. The number of ketones is 1. The zero-order valence-electron chi connectivity index (χ0n) is 6.74. The second kappa shape index (κ2) is 3.49. The first-order valence-corrected chi connectivity index (χ1v) is 3.52. The van der Waals surface area contributed by atoms with Gasteiger partial charge in [-0.15, -0.1) is 0 Å². The summed E-state index contributed by atoms with van der Waals surface area (Å²) in [5.74, 6) is -0.189. The minimum atomic E-state index is -0.192. The molecule has 0 aromatic carbocycles. The largest absolute Gasteiger partial charge is 0.392 e. The second-order valence-electron chi connectivity index (χ2n) is 2.46. The summed E-state index contributed by atoms with van der Waals surface area (Å²) in [6, 6.07) is 3.15. The van der Waals surface area contributed by atoms with Crippen LogP contribution in [-0.2, 0) is 6.61 Å². The highest BCUT2D eigenvalue weighted by Crippen LogP contribution is 2.03. The Hall–Kier alpha value is -1.16. The molecule has 1 rings (SSSR count). The van der Waals surface area contributed by atoms with Gasteiger partial charge in [-0.25, -0.2) is 0 Å². The highest BCUT2D eigenvalue weighted by atomic mass is 16.3. The molecule has 60 valence electrons. The number of rotatable bonds is 2. The highest BCUT2D eigenvalue weighted by molar-refractivity contribution is 6.30. The van der Waals surface area contributed by atoms with E-state index in [1.54, 1.807) is 12.1 Å². The zero-order chi connectivity index (χ0) is 9.14. The number of nitrogens with zero attached hydrogens (tertiary/aromatic N) is 1. The number of aliphatic hydroxyl groups excluding tert-OH is 1. The lowest BCUT2D eigenvalue weighted by Gasteiger charge is -2.03. The van der Waals surface area contributed by atoms with Crippen LogP contribution < -0.4 is 5.59 Å². The highest BCUT2D eigenvalue weighted by Gasteiger charge is 2.07. The van der Waals surface area contributed by atoms with Crippen molar-refractivity contribution < 1.29 is 9.90 Å². The van der Waals surface area contributed by atoms with Crippen LogP contribution in [-0.4, -0.2) is 23.7 Å². The molecule has 4 heteroatoms. The van der Waals surface area contributed by atoms with Crippen molar-refractivity contribution in [2.45, 2.75) is 13.5 Å². The number of hydrogen-bond acceptors (Lipinski definition) is 3. The number of hydrogen-bond donors (Lipinski definition) is 1. The van der Waals surface area contributed by atoms with Crippen molar-refractivity contribution in [2.24, 2.45) is 0 Å². The van der Waals surface area contributed by atoms with Crippen LogP contribution >= 0.6 is 0 Å². The van der Waals surface area contributed by atoms with E-state index in [0.717, 1.165) is 0 Å². The van der Waals surface area contributed by atoms with Crippen LogP contribution in [0.2, 0.25) is 0 Å². The predicted octanol–water partition coefficient (Wildman–Crippen LogP) is -0.430. The van der Waals surface area contributed by atoms with Gasteiger partial charge < -0.3 is 5.11 Å². The van der Waals surface area contributed by atoms with E-state index in [1.807, 2.05) is 0 Å². The zero-order valence-corrected chi connectivity index (χ0v) is 6.74. The summed E-state index contributed by atoms with van der Waals surface area (Å²) >= 11 is 0. The Balaban J connectivity index is 3.21. The standard InChI is InChI=1S/C8H8BNO2/c1-5(12)8-6(4-11)2-3-7(9)10-8/h2-3,11H,4H2,1H3. The summed E-state index contributed by atoms with van der Waals surface area (Å²) in [5, 5.41) is 8.83. The number of Topliss-reactive ketones (excluding diaryl/α,β-unsaturated/α-hetero) is 1. The maximum atomic E-state index is 10.9. The summed E-state index contributed by atoms with van der Waals surface area (Å²) in [6.45, 7) is 1.20. The fourth-order valence-corrected chi connectivity index (χ4v) is 0.935. The summed E-state index contributed by atoms with van der Waals surface area (Å²) in [4.78, 5) is 14.8. The summed E-state index contributed by atoms with van der Waals surface area (Å²) < 4.78 is 0. The fourth-order valence-electron chi connectivity index (χ4n) is 0.935. The van der Waals surface area contributed by atoms with E-state index in [4.69, 9.17) is 13.0 Å². The van der Waals surface area contributed by atoms with Crippen molar-refractivity contribution in [1.29, 1.82) is 0 Å². The number of carbonyl (C=O) groups is 1. The SMILES string of the molecule is [B]c1ccc(CO)c(C(C)=O)n1. The lowest BCUT2D eigenvalue weighted by Crippen LogP contribution is -2.15. The fraction of sp³-hybridized carbons (Fsp3) is 0.250. The maximum Gasteiger partial charge on any atom is 0.178 e. The molecule has 12 heavy (non-hydrogen) atoms. The lowest BCUT2D eigenvalue weighted by atomic mass is 10.0. The third kappa shape index (κ3) is 1.71. The summed E-state index contributed by atoms with van der Waals surface area (Å²) in [7, 11) is 5.38. The van der Waals surface area contributed by atoms with E-state index in [0.29, 0.717) is 5.56 Å². The third-order valence-corrected chi connectivity index (χ3v) is 1.50. The molecule has 0 fully saturated rings. The van der Waals surface area contributed by atoms with Crippen LogP contribution in [0.1, 0.15) is 23.0 Å². The predicted molar refractivity (Wildman–Crippen MR) is 45.6 cm³/mol. The van der Waals surface area contributed by atoms with Gasteiger partial charge in [0.2, 0.25) is 0 Å². The van der Waals surface area contributed by atoms with E-state index < -0.39 is 0 Å². The van der Waals surface area contributed by atoms with E-state index >= 15 is 0 Å². The van der Waals surface area contributed by atoms with Crippen LogP contribution in [0.25, 0.3) is 0 Å². The van der Waals surface area contributed by atoms with E-state index in [2.05, 4.69) is 4.98 Å². The van der Waals surface area contributed by atoms with Crippen molar-refractivity contribution >= 4 is 19.2 Å². The Morgan fingerprint density at radius 3 is 2.83 bits per heavy atom. The van der Waals surface area contributed by atoms with Crippen LogP contribution in [0, 0.1) is 0 Å². The molecule has 1 N–H and O–H groups in total. The molecule has 3 nitrogen and oxygen atoms in total. The average Bonchev–Trinajstić information content (AvgIpc) is 2.04. The van der Waals surface area contributed by atoms with Crippen LogP contribution in [0.5, 0.6) is 0 Å². The Morgan fingerprint density at radius 2 is 2.33 bits per heavy atom. The van der Waals surface area contributed by atoms with Gasteiger partial charge in [-0.3, -0.25) is 9.78 Å². The van der Waals surface area contributed by atoms with E-state index in [9.17, 15) is 4.79 Å². The van der Waals surface area contributed by atoms with Gasteiger partial charge in [-0.1, -0.05) is 12.1 Å². The average molecular weight is 161 g/mol. The van der Waals surface area contributed by atoms with Gasteiger partial charge in [0.25, 0.3) is 0 Å². The molecule has 0 unspecified atom stereocenters. The van der Waals surface area contributed by atoms with Gasteiger partial charge in [-0.05, 0) is 5.59 Å². The molecule has 0 aliphatic carbocycles. The number of aliphatic hydroxyl groups is 1. The van der Waals surface area contributed by atoms with Gasteiger partial charge >= 0.3 is 0 Å². The smallest absolute Gasteiger partial charge is 0.178 e. The number of pyridine rings is 1. The van der Waals surface area contributed by atoms with Crippen molar-refractivity contribution in [3.63, 3.8) is 0 Å². The molecule has 0 saturated heterocycles. The molecule has 0 spiro atoms. The molecule has 2 radical (unpaired) electrons. The Bertz CT molecular complexity index is 312. The topological polar surface area (TPSA) is 50.2 Å². The third-order valence-electron chi connectivity index (χ3n) is 1.50. The molecule has 0 aliphatic rings. The molecule has 0 amide bonds. The van der Waals surface area contributed by atoms with Crippen LogP contribution in [0.15, 0.2) is 12.1 Å². The Morgan fingerprint density at radius 1 is 1.67 bits per heavy atom. The monoisotopic (exact) mass is 161 g/mol. The first kappa shape index (κ1) is 8.94. The van der Waals surface area contributed by atoms with Gasteiger partial charge in [-0.2, -0.15) is 0 Å². The van der Waals surface area contributed by atoms with E-state index in [1.165, 1.54) is 6.92 Å². The second-order valence-corrected chi connectivity index (χ2v) is 2.46. The van der Waals surface area contributed by atoms with Gasteiger partial charge in [0.15, 0.2) is 5.78 Å². The first-order chi connectivity index (χ1) is 5.65. The van der Waals surface area contributed by atoms with E-state index in [-0.39, 0.29) is 23.7 Å². The van der Waals surface area contributed by atoms with Crippen LogP contribution in [0.3, 0.4) is 0 Å². The molecule has 0 atom stereocenters. The molecule has 1 aromatic rings. The quantitative estimate of drug-likeness (QED) is 0.472. The molecule has 0 saturated carbocycles. The van der Waals surface area contributed by atoms with Gasteiger partial charge in [0, 0.05) is 12.5 Å². The van der Waals surface area contributed by atoms with Crippen molar-refractivity contribution in [2.75, 3.05) is 0 Å². The molecule has 0 aliphatic heterocycles. The number of aromatic nitrogens is 1. The van der Waals surface area contributed by atoms with Gasteiger partial charge in [0.1, 0.15) is 13.5 Å². The lowest BCUT2D eigenvalue weighted by molar-refractivity contribution is 0.101. The maximum absolute atomic E-state index is 10.9. The Kier molecular flexibility index (Phi) is 2.60. The van der Waals surface area contributed by atoms with Gasteiger partial charge in [0.05, 0.1) is 6.61 Å². The molecular weight excluding hydrogens is 153 g/mol. The first-order valence-electron chi connectivity index (χ1n) is 3.52. The number of carbonyl (C=O) groups excluding carboxylic acids is 1. The van der Waals surface area contributed by atoms with Crippen LogP contribution in [0.4, 0.5) is 0 Å². The summed E-state index contributed by atoms with van der Waals surface area (Å²) in [6.07, 6.45) is 0. The van der Waals surface area contributed by atoms with Crippen molar-refractivity contribution in [3.8, 4) is 0 Å². The van der Waals surface area contributed by atoms with Crippen molar-refractivity contribution in [3.05, 3.63) is 23.4 Å². The normalized spacial score (nSPS) is 9.83. The minimum absolute atomic E-state index is 0.189. The minimum Gasteiger partial charge on any atom is -0.392 e. The van der Waals surface area contributed by atoms with Crippen molar-refractivity contribution in [1.82, 2.24) is 4.98 Å². The molecule has 1 aromatic heterocycles. The molecular formula is C8H8BNO2.